The van der Waals surface area contributed by atoms with Crippen LogP contribution in [0.25, 0.3) is 0 Å². The monoisotopic (exact) mass is 242 g/mol. The molecule has 1 aromatic rings. The lowest BCUT2D eigenvalue weighted by molar-refractivity contribution is 1.14. The quantitative estimate of drug-likeness (QED) is 0.692. The molecule has 8 heavy (non-hydrogen) atoms. The molecule has 1 aromatic heterocycles. The minimum Gasteiger partial charge on any atom is -0.336 e. The van der Waals surface area contributed by atoms with Crippen molar-refractivity contribution in [3.05, 3.63) is 14.7 Å². The molecule has 0 radical (unpaired) electrons. The van der Waals surface area contributed by atoms with Crippen molar-refractivity contribution in [1.82, 2.24) is 9.97 Å². The maximum Gasteiger partial charge on any atom is 0.160 e. The topological polar surface area (TPSA) is 28.7 Å². The molecule has 0 aliphatic heterocycles. The van der Waals surface area contributed by atoms with Gasteiger partial charge in [-0.25, -0.2) is 4.98 Å². The van der Waals surface area contributed by atoms with E-state index in [9.17, 15) is 0 Å². The largest absolute Gasteiger partial charge is 0.336 e. The smallest absolute Gasteiger partial charge is 0.160 e. The van der Waals surface area contributed by atoms with E-state index in [0.717, 1.165) is 9.53 Å². The Labute approximate surface area is 65.8 Å². The third kappa shape index (κ3) is 1.14. The summed E-state index contributed by atoms with van der Waals surface area (Å²) < 4.78 is 0.904. The summed E-state index contributed by atoms with van der Waals surface area (Å²) in [7, 11) is 0. The Morgan fingerprint density at radius 2 is 2.38 bits per heavy atom. The van der Waals surface area contributed by atoms with Crippen LogP contribution in [0.3, 0.4) is 0 Å². The van der Waals surface area contributed by atoms with Crippen molar-refractivity contribution >= 4 is 34.2 Å². The molecule has 1 heterocycles. The lowest BCUT2D eigenvalue weighted by Gasteiger charge is -1.74. The maximum atomic E-state index is 5.58. The van der Waals surface area contributed by atoms with Gasteiger partial charge in [-0.3, -0.25) is 0 Å². The standard InChI is InChI=1S/C4H4ClIN2/c1-2-7-3(5)4(6)8-2/h1H3,(H,7,8). The van der Waals surface area contributed by atoms with Crippen molar-refractivity contribution in [1.29, 1.82) is 0 Å². The molecule has 0 saturated heterocycles. The molecule has 0 aliphatic carbocycles. The fraction of sp³-hybridized carbons (Fsp3) is 0.250. The van der Waals surface area contributed by atoms with Gasteiger partial charge in [0.2, 0.25) is 0 Å². The second-order valence-corrected chi connectivity index (χ2v) is 2.86. The summed E-state index contributed by atoms with van der Waals surface area (Å²) in [5.74, 6) is 0.861. The van der Waals surface area contributed by atoms with Crippen molar-refractivity contribution in [3.63, 3.8) is 0 Å². The Balaban J connectivity index is 3.14. The number of hydrogen-bond donors (Lipinski definition) is 1. The molecule has 0 saturated carbocycles. The number of hydrogen-bond acceptors (Lipinski definition) is 1. The molecular weight excluding hydrogens is 238 g/mol. The SMILES string of the molecule is Cc1nc(Cl)c(I)[nH]1. The summed E-state index contributed by atoms with van der Waals surface area (Å²) in [4.78, 5) is 6.86. The van der Waals surface area contributed by atoms with Gasteiger partial charge < -0.3 is 4.98 Å². The van der Waals surface area contributed by atoms with E-state index in [1.165, 1.54) is 0 Å². The highest BCUT2D eigenvalue weighted by Gasteiger charge is 1.98. The normalized spacial score (nSPS) is 9.88. The average Bonchev–Trinajstić information content (AvgIpc) is 1.85. The molecule has 0 aromatic carbocycles. The van der Waals surface area contributed by atoms with Crippen LogP contribution in [-0.4, -0.2) is 9.97 Å². The summed E-state index contributed by atoms with van der Waals surface area (Å²) in [6.45, 7) is 1.87. The van der Waals surface area contributed by atoms with E-state index in [2.05, 4.69) is 32.6 Å². The summed E-state index contributed by atoms with van der Waals surface area (Å²) in [6.07, 6.45) is 0. The maximum absolute atomic E-state index is 5.58. The minimum atomic E-state index is 0.558. The van der Waals surface area contributed by atoms with Crippen LogP contribution in [0.1, 0.15) is 5.82 Å². The molecule has 0 amide bonds. The van der Waals surface area contributed by atoms with Crippen molar-refractivity contribution < 1.29 is 0 Å². The molecule has 0 aliphatic rings. The Kier molecular flexibility index (Phi) is 1.77. The van der Waals surface area contributed by atoms with Crippen LogP contribution >= 0.6 is 34.2 Å². The Bertz CT molecular complexity index is 176. The fourth-order valence-corrected chi connectivity index (χ4v) is 1.12. The van der Waals surface area contributed by atoms with Crippen molar-refractivity contribution in [2.45, 2.75) is 6.92 Å². The molecule has 0 bridgehead atoms. The van der Waals surface area contributed by atoms with Crippen LogP contribution in [0.15, 0.2) is 0 Å². The van der Waals surface area contributed by atoms with E-state index < -0.39 is 0 Å². The first-order valence-corrected chi connectivity index (χ1v) is 3.53. The molecular formula is C4H4ClIN2. The van der Waals surface area contributed by atoms with Gasteiger partial charge in [0, 0.05) is 0 Å². The lowest BCUT2D eigenvalue weighted by Crippen LogP contribution is -1.69. The highest BCUT2D eigenvalue weighted by atomic mass is 127. The van der Waals surface area contributed by atoms with Crippen LogP contribution in [-0.2, 0) is 0 Å². The van der Waals surface area contributed by atoms with Crippen LogP contribution < -0.4 is 0 Å². The second kappa shape index (κ2) is 2.23. The van der Waals surface area contributed by atoms with Gasteiger partial charge in [-0.2, -0.15) is 0 Å². The number of rotatable bonds is 0. The average molecular weight is 242 g/mol. The number of aromatic amines is 1. The van der Waals surface area contributed by atoms with Crippen molar-refractivity contribution in [2.75, 3.05) is 0 Å². The number of nitrogens with one attached hydrogen (secondary N) is 1. The molecule has 0 spiro atoms. The van der Waals surface area contributed by atoms with Crippen LogP contribution in [0.5, 0.6) is 0 Å². The fourth-order valence-electron chi connectivity index (χ4n) is 0.435. The van der Waals surface area contributed by atoms with Crippen LogP contribution in [0.2, 0.25) is 5.15 Å². The van der Waals surface area contributed by atoms with E-state index in [0.29, 0.717) is 5.15 Å². The highest BCUT2D eigenvalue weighted by Crippen LogP contribution is 2.13. The molecule has 1 N–H and O–H groups in total. The number of aryl methyl sites for hydroxylation is 1. The molecule has 0 fully saturated rings. The van der Waals surface area contributed by atoms with E-state index in [1.54, 1.807) is 0 Å². The van der Waals surface area contributed by atoms with E-state index >= 15 is 0 Å². The van der Waals surface area contributed by atoms with Gasteiger partial charge in [0.05, 0.1) is 0 Å². The number of nitrogens with zero attached hydrogens (tertiary/aromatic N) is 1. The highest BCUT2D eigenvalue weighted by molar-refractivity contribution is 14.1. The third-order valence-electron chi connectivity index (χ3n) is 0.738. The molecule has 1 rings (SSSR count). The van der Waals surface area contributed by atoms with Crippen LogP contribution in [0.4, 0.5) is 0 Å². The second-order valence-electron chi connectivity index (χ2n) is 1.43. The minimum absolute atomic E-state index is 0.558. The summed E-state index contributed by atoms with van der Waals surface area (Å²) in [5.41, 5.74) is 0. The zero-order chi connectivity index (χ0) is 6.15. The molecule has 0 unspecified atom stereocenters. The van der Waals surface area contributed by atoms with E-state index in [1.807, 2.05) is 6.92 Å². The van der Waals surface area contributed by atoms with Gasteiger partial charge in [-0.1, -0.05) is 11.6 Å². The zero-order valence-corrected chi connectivity index (χ0v) is 7.12. The van der Waals surface area contributed by atoms with Crippen molar-refractivity contribution in [3.8, 4) is 0 Å². The lowest BCUT2D eigenvalue weighted by atomic mass is 10.8. The first kappa shape index (κ1) is 6.35. The summed E-state index contributed by atoms with van der Waals surface area (Å²) in [6, 6.07) is 0. The zero-order valence-electron chi connectivity index (χ0n) is 4.20. The summed E-state index contributed by atoms with van der Waals surface area (Å²) >= 11 is 7.67. The Morgan fingerprint density at radius 1 is 1.75 bits per heavy atom. The Morgan fingerprint density at radius 3 is 2.50 bits per heavy atom. The predicted molar refractivity (Wildman–Crippen MR) is 41.1 cm³/mol. The van der Waals surface area contributed by atoms with Gasteiger partial charge in [-0.15, -0.1) is 0 Å². The van der Waals surface area contributed by atoms with Gasteiger partial charge in [0.15, 0.2) is 5.15 Å². The molecule has 2 nitrogen and oxygen atoms in total. The first-order chi connectivity index (χ1) is 3.70. The van der Waals surface area contributed by atoms with Gasteiger partial charge >= 0.3 is 0 Å². The number of halogens is 2. The van der Waals surface area contributed by atoms with Gasteiger partial charge in [0.25, 0.3) is 0 Å². The number of imidazole rings is 1. The molecule has 4 heteroatoms. The van der Waals surface area contributed by atoms with Gasteiger partial charge in [-0.05, 0) is 29.5 Å². The van der Waals surface area contributed by atoms with Crippen molar-refractivity contribution in [2.24, 2.45) is 0 Å². The number of aromatic nitrogens is 2. The number of H-pyrrole nitrogens is 1. The molecule has 0 atom stereocenters. The van der Waals surface area contributed by atoms with Crippen LogP contribution in [0, 0.1) is 10.6 Å². The summed E-state index contributed by atoms with van der Waals surface area (Å²) in [5, 5.41) is 0.558. The Hall–Kier alpha value is 0.230. The predicted octanol–water partition coefficient (Wildman–Crippen LogP) is 1.98. The third-order valence-corrected chi connectivity index (χ3v) is 2.11. The van der Waals surface area contributed by atoms with E-state index in [4.69, 9.17) is 11.6 Å². The van der Waals surface area contributed by atoms with Gasteiger partial charge in [0.1, 0.15) is 9.53 Å². The molecule has 44 valence electrons. The van der Waals surface area contributed by atoms with E-state index in [-0.39, 0.29) is 0 Å². The first-order valence-electron chi connectivity index (χ1n) is 2.08.